The van der Waals surface area contributed by atoms with Crippen molar-refractivity contribution in [1.29, 1.82) is 0 Å². The van der Waals surface area contributed by atoms with Crippen LogP contribution in [-0.4, -0.2) is 0 Å². The van der Waals surface area contributed by atoms with E-state index in [0.29, 0.717) is 11.8 Å². The third kappa shape index (κ3) is 2.08. The summed E-state index contributed by atoms with van der Waals surface area (Å²) >= 11 is 1.75. The standard InChI is InChI=1S/C10H17NS/c1-7(2)8(3)10(11)9-5-4-6-12-9/h4-8,10H,11H2,1-3H3. The SMILES string of the molecule is CC(C)C(C)C(N)c1cccs1. The van der Waals surface area contributed by atoms with Gasteiger partial charge >= 0.3 is 0 Å². The van der Waals surface area contributed by atoms with Crippen molar-refractivity contribution >= 4 is 11.3 Å². The Labute approximate surface area is 78.6 Å². The van der Waals surface area contributed by atoms with Crippen LogP contribution in [0.4, 0.5) is 0 Å². The van der Waals surface area contributed by atoms with Gasteiger partial charge in [0.25, 0.3) is 0 Å². The zero-order chi connectivity index (χ0) is 9.14. The van der Waals surface area contributed by atoms with Crippen LogP contribution >= 0.6 is 11.3 Å². The Balaban J connectivity index is 2.65. The van der Waals surface area contributed by atoms with Crippen molar-refractivity contribution in [3.8, 4) is 0 Å². The molecular weight excluding hydrogens is 166 g/mol. The second kappa shape index (κ2) is 4.06. The molecule has 0 aliphatic heterocycles. The lowest BCUT2D eigenvalue weighted by atomic mass is 9.90. The molecule has 2 unspecified atom stereocenters. The minimum atomic E-state index is 0.213. The fraction of sp³-hybridized carbons (Fsp3) is 0.600. The molecular formula is C10H17NS. The second-order valence-corrected chi connectivity index (χ2v) is 4.62. The van der Waals surface area contributed by atoms with Crippen LogP contribution in [0.25, 0.3) is 0 Å². The van der Waals surface area contributed by atoms with Crippen molar-refractivity contribution in [3.63, 3.8) is 0 Å². The van der Waals surface area contributed by atoms with Gasteiger partial charge in [0.2, 0.25) is 0 Å². The van der Waals surface area contributed by atoms with E-state index in [-0.39, 0.29) is 6.04 Å². The highest BCUT2D eigenvalue weighted by atomic mass is 32.1. The largest absolute Gasteiger partial charge is 0.323 e. The predicted octanol–water partition coefficient (Wildman–Crippen LogP) is 3.04. The smallest absolute Gasteiger partial charge is 0.0418 e. The lowest BCUT2D eigenvalue weighted by Gasteiger charge is -2.22. The highest BCUT2D eigenvalue weighted by Gasteiger charge is 2.18. The molecule has 1 aromatic heterocycles. The van der Waals surface area contributed by atoms with Crippen molar-refractivity contribution < 1.29 is 0 Å². The van der Waals surface area contributed by atoms with Gasteiger partial charge in [-0.3, -0.25) is 0 Å². The van der Waals surface area contributed by atoms with Crippen LogP contribution in [0.3, 0.4) is 0 Å². The lowest BCUT2D eigenvalue weighted by molar-refractivity contribution is 0.355. The molecule has 2 heteroatoms. The lowest BCUT2D eigenvalue weighted by Crippen LogP contribution is -2.21. The summed E-state index contributed by atoms with van der Waals surface area (Å²) in [5, 5.41) is 2.09. The molecule has 0 aliphatic carbocycles. The summed E-state index contributed by atoms with van der Waals surface area (Å²) in [6.45, 7) is 6.66. The van der Waals surface area contributed by atoms with Crippen LogP contribution in [-0.2, 0) is 0 Å². The molecule has 1 nitrogen and oxygen atoms in total. The molecule has 0 spiro atoms. The van der Waals surface area contributed by atoms with Crippen LogP contribution in [0.5, 0.6) is 0 Å². The summed E-state index contributed by atoms with van der Waals surface area (Å²) in [7, 11) is 0. The molecule has 1 heterocycles. The summed E-state index contributed by atoms with van der Waals surface area (Å²) < 4.78 is 0. The maximum Gasteiger partial charge on any atom is 0.0418 e. The van der Waals surface area contributed by atoms with Crippen LogP contribution in [0, 0.1) is 11.8 Å². The third-order valence-electron chi connectivity index (χ3n) is 2.49. The van der Waals surface area contributed by atoms with Gasteiger partial charge in [0.1, 0.15) is 0 Å². The first kappa shape index (κ1) is 9.75. The Hall–Kier alpha value is -0.340. The van der Waals surface area contributed by atoms with E-state index in [1.165, 1.54) is 4.88 Å². The normalized spacial score (nSPS) is 16.4. The minimum Gasteiger partial charge on any atom is -0.323 e. The Morgan fingerprint density at radius 2 is 2.00 bits per heavy atom. The van der Waals surface area contributed by atoms with Gasteiger partial charge in [-0.2, -0.15) is 0 Å². The van der Waals surface area contributed by atoms with E-state index < -0.39 is 0 Å². The van der Waals surface area contributed by atoms with Gasteiger partial charge in [0, 0.05) is 10.9 Å². The molecule has 0 aliphatic rings. The van der Waals surface area contributed by atoms with Gasteiger partial charge in [-0.1, -0.05) is 26.8 Å². The van der Waals surface area contributed by atoms with Crippen molar-refractivity contribution in [2.45, 2.75) is 26.8 Å². The van der Waals surface area contributed by atoms with Gasteiger partial charge in [0.15, 0.2) is 0 Å². The highest BCUT2D eigenvalue weighted by molar-refractivity contribution is 7.10. The van der Waals surface area contributed by atoms with E-state index in [2.05, 4.69) is 38.3 Å². The van der Waals surface area contributed by atoms with Crippen LogP contribution < -0.4 is 5.73 Å². The fourth-order valence-electron chi connectivity index (χ4n) is 1.15. The number of hydrogen-bond acceptors (Lipinski definition) is 2. The molecule has 1 rings (SSSR count). The van der Waals surface area contributed by atoms with E-state index in [9.17, 15) is 0 Å². The Kier molecular flexibility index (Phi) is 3.29. The average Bonchev–Trinajstić information content (AvgIpc) is 2.53. The van der Waals surface area contributed by atoms with Gasteiger partial charge < -0.3 is 5.73 Å². The quantitative estimate of drug-likeness (QED) is 0.766. The monoisotopic (exact) mass is 183 g/mol. The molecule has 0 aromatic carbocycles. The van der Waals surface area contributed by atoms with Gasteiger partial charge in [0.05, 0.1) is 0 Å². The Morgan fingerprint density at radius 1 is 1.33 bits per heavy atom. The summed E-state index contributed by atoms with van der Waals surface area (Å²) in [5.74, 6) is 1.21. The van der Waals surface area contributed by atoms with E-state index in [0.717, 1.165) is 0 Å². The Bertz CT molecular complexity index is 216. The molecule has 0 saturated heterocycles. The first-order valence-electron chi connectivity index (χ1n) is 4.42. The van der Waals surface area contributed by atoms with Crippen LogP contribution in [0.1, 0.15) is 31.7 Å². The Morgan fingerprint density at radius 3 is 2.42 bits per heavy atom. The molecule has 2 atom stereocenters. The van der Waals surface area contributed by atoms with Gasteiger partial charge in [-0.15, -0.1) is 11.3 Å². The molecule has 0 radical (unpaired) electrons. The summed E-state index contributed by atoms with van der Waals surface area (Å²) in [6, 6.07) is 4.39. The molecule has 0 saturated carbocycles. The fourth-order valence-corrected chi connectivity index (χ4v) is 2.00. The first-order chi connectivity index (χ1) is 5.63. The van der Waals surface area contributed by atoms with E-state index in [4.69, 9.17) is 5.73 Å². The molecule has 68 valence electrons. The van der Waals surface area contributed by atoms with Crippen molar-refractivity contribution in [2.24, 2.45) is 17.6 Å². The maximum absolute atomic E-state index is 6.09. The summed E-state index contributed by atoms with van der Waals surface area (Å²) in [4.78, 5) is 1.30. The zero-order valence-corrected chi connectivity index (χ0v) is 8.77. The molecule has 12 heavy (non-hydrogen) atoms. The summed E-state index contributed by atoms with van der Waals surface area (Å²) in [6.07, 6.45) is 0. The number of hydrogen-bond donors (Lipinski definition) is 1. The highest BCUT2D eigenvalue weighted by Crippen LogP contribution is 2.27. The maximum atomic E-state index is 6.09. The number of rotatable bonds is 3. The molecule has 0 amide bonds. The third-order valence-corrected chi connectivity index (χ3v) is 3.46. The van der Waals surface area contributed by atoms with E-state index in [1.54, 1.807) is 11.3 Å². The van der Waals surface area contributed by atoms with Crippen molar-refractivity contribution in [2.75, 3.05) is 0 Å². The van der Waals surface area contributed by atoms with Gasteiger partial charge in [-0.05, 0) is 23.3 Å². The number of thiophene rings is 1. The second-order valence-electron chi connectivity index (χ2n) is 3.64. The topological polar surface area (TPSA) is 26.0 Å². The molecule has 0 fully saturated rings. The van der Waals surface area contributed by atoms with Crippen LogP contribution in [0.15, 0.2) is 17.5 Å². The van der Waals surface area contributed by atoms with Crippen molar-refractivity contribution in [1.82, 2.24) is 0 Å². The molecule has 1 aromatic rings. The molecule has 0 bridgehead atoms. The number of nitrogens with two attached hydrogens (primary N) is 1. The van der Waals surface area contributed by atoms with Crippen LogP contribution in [0.2, 0.25) is 0 Å². The zero-order valence-electron chi connectivity index (χ0n) is 7.95. The minimum absolute atomic E-state index is 0.213. The van der Waals surface area contributed by atoms with E-state index in [1.807, 2.05) is 0 Å². The van der Waals surface area contributed by atoms with Gasteiger partial charge in [-0.25, -0.2) is 0 Å². The van der Waals surface area contributed by atoms with E-state index >= 15 is 0 Å². The predicted molar refractivity (Wildman–Crippen MR) is 55.2 cm³/mol. The summed E-state index contributed by atoms with van der Waals surface area (Å²) in [5.41, 5.74) is 6.09. The first-order valence-corrected chi connectivity index (χ1v) is 5.30. The molecule has 2 N–H and O–H groups in total. The average molecular weight is 183 g/mol. The van der Waals surface area contributed by atoms with Crippen molar-refractivity contribution in [3.05, 3.63) is 22.4 Å².